The smallest absolute Gasteiger partial charge is 0.273 e. The van der Waals surface area contributed by atoms with E-state index >= 15 is 0 Å². The molecule has 5 heteroatoms. The summed E-state index contributed by atoms with van der Waals surface area (Å²) in [4.78, 5) is 13.8. The van der Waals surface area contributed by atoms with Gasteiger partial charge in [0.1, 0.15) is 0 Å². The van der Waals surface area contributed by atoms with Crippen LogP contribution in [-0.4, -0.2) is 17.6 Å². The van der Waals surface area contributed by atoms with E-state index in [1.807, 2.05) is 30.3 Å². The van der Waals surface area contributed by atoms with Crippen molar-refractivity contribution < 1.29 is 9.32 Å². The molecule has 134 valence electrons. The Labute approximate surface area is 160 Å². The van der Waals surface area contributed by atoms with Crippen LogP contribution < -0.4 is 5.32 Å². The van der Waals surface area contributed by atoms with Gasteiger partial charge in [0.2, 0.25) is 0 Å². The lowest BCUT2D eigenvalue weighted by Crippen LogP contribution is -2.26. The maximum absolute atomic E-state index is 12.4. The van der Waals surface area contributed by atoms with Crippen LogP contribution in [0, 0.1) is 5.92 Å². The first kappa shape index (κ1) is 16.3. The molecule has 1 N–H and O–H groups in total. The third-order valence-electron chi connectivity index (χ3n) is 5.13. The summed E-state index contributed by atoms with van der Waals surface area (Å²) < 4.78 is 5.41. The normalized spacial score (nSPS) is 18.5. The van der Waals surface area contributed by atoms with Gasteiger partial charge in [-0.25, -0.2) is 0 Å². The third-order valence-corrected chi connectivity index (χ3v) is 6.14. The van der Waals surface area contributed by atoms with Gasteiger partial charge in [-0.2, -0.15) is 0 Å². The van der Waals surface area contributed by atoms with Crippen LogP contribution in [0.25, 0.3) is 22.1 Å². The summed E-state index contributed by atoms with van der Waals surface area (Å²) in [6.45, 7) is 0.680. The number of fused-ring (bicyclic) bond motifs is 1. The Morgan fingerprint density at radius 1 is 1.11 bits per heavy atom. The van der Waals surface area contributed by atoms with Crippen LogP contribution >= 0.6 is 11.3 Å². The van der Waals surface area contributed by atoms with Gasteiger partial charge in [0.15, 0.2) is 11.5 Å². The Balaban J connectivity index is 1.25. The average Bonchev–Trinajstić information content (AvgIpc) is 3.11. The molecule has 27 heavy (non-hydrogen) atoms. The highest BCUT2D eigenvalue weighted by atomic mass is 32.1. The summed E-state index contributed by atoms with van der Waals surface area (Å²) in [6.07, 6.45) is 1.14. The van der Waals surface area contributed by atoms with Crippen molar-refractivity contribution in [3.8, 4) is 11.3 Å². The van der Waals surface area contributed by atoms with Gasteiger partial charge in [-0.1, -0.05) is 47.6 Å². The van der Waals surface area contributed by atoms with Gasteiger partial charge in [0.25, 0.3) is 5.91 Å². The molecule has 0 radical (unpaired) electrons. The van der Waals surface area contributed by atoms with Crippen LogP contribution in [0.2, 0.25) is 0 Å². The fourth-order valence-electron chi connectivity index (χ4n) is 3.50. The van der Waals surface area contributed by atoms with Crippen molar-refractivity contribution in [3.63, 3.8) is 0 Å². The quantitative estimate of drug-likeness (QED) is 0.529. The lowest BCUT2D eigenvalue weighted by atomic mass is 10.1. The molecule has 0 saturated heterocycles. The summed E-state index contributed by atoms with van der Waals surface area (Å²) in [6, 6.07) is 20.2. The molecular formula is C22H18N2O2S. The average molecular weight is 374 g/mol. The van der Waals surface area contributed by atoms with E-state index in [0.717, 1.165) is 17.4 Å². The fourth-order valence-corrected chi connectivity index (χ4v) is 4.43. The molecule has 2 aromatic heterocycles. The number of hydrogen-bond donors (Lipinski definition) is 1. The molecule has 1 amide bonds. The Bertz CT molecular complexity index is 1100. The van der Waals surface area contributed by atoms with Crippen molar-refractivity contribution in [3.05, 3.63) is 76.6 Å². The van der Waals surface area contributed by atoms with Gasteiger partial charge >= 0.3 is 0 Å². The molecule has 1 saturated carbocycles. The second-order valence-electron chi connectivity index (χ2n) is 6.97. The second kappa shape index (κ2) is 6.67. The molecule has 0 spiro atoms. The Morgan fingerprint density at radius 3 is 2.85 bits per heavy atom. The summed E-state index contributed by atoms with van der Waals surface area (Å²) >= 11 is 1.79. The van der Waals surface area contributed by atoms with Crippen molar-refractivity contribution in [2.75, 3.05) is 6.54 Å². The van der Waals surface area contributed by atoms with Crippen LogP contribution in [-0.2, 0) is 0 Å². The Kier molecular flexibility index (Phi) is 4.02. The zero-order valence-corrected chi connectivity index (χ0v) is 15.4. The van der Waals surface area contributed by atoms with Crippen LogP contribution in [0.5, 0.6) is 0 Å². The number of amides is 1. The molecule has 2 atom stereocenters. The summed E-state index contributed by atoms with van der Waals surface area (Å²) in [5, 5.41) is 11.3. The number of carbonyl (C=O) groups excluding carboxylic acids is 1. The van der Waals surface area contributed by atoms with Gasteiger partial charge in [0, 0.05) is 23.1 Å². The van der Waals surface area contributed by atoms with Gasteiger partial charge in [-0.15, -0.1) is 11.3 Å². The molecular weight excluding hydrogens is 356 g/mol. The number of nitrogens with one attached hydrogen (secondary N) is 1. The minimum atomic E-state index is -0.178. The Morgan fingerprint density at radius 2 is 2.00 bits per heavy atom. The van der Waals surface area contributed by atoms with Crippen molar-refractivity contribution in [1.29, 1.82) is 0 Å². The number of carbonyl (C=O) groups is 1. The summed E-state index contributed by atoms with van der Waals surface area (Å²) in [5.74, 6) is 1.55. The summed E-state index contributed by atoms with van der Waals surface area (Å²) in [7, 11) is 0. The fraction of sp³-hybridized carbons (Fsp3) is 0.182. The number of aromatic nitrogens is 1. The van der Waals surface area contributed by atoms with Crippen LogP contribution in [0.3, 0.4) is 0 Å². The van der Waals surface area contributed by atoms with E-state index in [-0.39, 0.29) is 5.91 Å². The number of thiophene rings is 1. The van der Waals surface area contributed by atoms with Crippen molar-refractivity contribution in [1.82, 2.24) is 10.5 Å². The SMILES string of the molecule is O=C(NCC1CC1c1cccs1)c1cc(-c2ccc3ccccc3c2)on1. The zero-order chi connectivity index (χ0) is 18.2. The van der Waals surface area contributed by atoms with Gasteiger partial charge in [-0.05, 0) is 46.5 Å². The van der Waals surface area contributed by atoms with Gasteiger partial charge in [-0.3, -0.25) is 4.79 Å². The molecule has 2 aromatic carbocycles. The number of rotatable bonds is 5. The van der Waals surface area contributed by atoms with E-state index in [1.54, 1.807) is 17.4 Å². The first-order valence-corrected chi connectivity index (χ1v) is 9.93. The monoisotopic (exact) mass is 374 g/mol. The second-order valence-corrected chi connectivity index (χ2v) is 7.95. The van der Waals surface area contributed by atoms with E-state index in [2.05, 4.69) is 40.1 Å². The first-order valence-electron chi connectivity index (χ1n) is 9.05. The first-order chi connectivity index (χ1) is 13.3. The molecule has 1 aliphatic carbocycles. The molecule has 2 heterocycles. The van der Waals surface area contributed by atoms with E-state index in [1.165, 1.54) is 10.3 Å². The highest BCUT2D eigenvalue weighted by molar-refractivity contribution is 7.10. The third kappa shape index (κ3) is 3.26. The maximum atomic E-state index is 12.4. The topological polar surface area (TPSA) is 55.1 Å². The molecule has 4 nitrogen and oxygen atoms in total. The molecule has 0 bridgehead atoms. The van der Waals surface area contributed by atoms with Crippen LogP contribution in [0.15, 0.2) is 70.6 Å². The van der Waals surface area contributed by atoms with Crippen LogP contribution in [0.1, 0.15) is 27.7 Å². The lowest BCUT2D eigenvalue weighted by molar-refractivity contribution is 0.0942. The van der Waals surface area contributed by atoms with E-state index in [0.29, 0.717) is 29.8 Å². The summed E-state index contributed by atoms with van der Waals surface area (Å²) in [5.41, 5.74) is 1.24. The van der Waals surface area contributed by atoms with Crippen molar-refractivity contribution in [2.24, 2.45) is 5.92 Å². The Hall–Kier alpha value is -2.92. The molecule has 2 unspecified atom stereocenters. The van der Waals surface area contributed by atoms with Crippen molar-refractivity contribution in [2.45, 2.75) is 12.3 Å². The minimum Gasteiger partial charge on any atom is -0.355 e. The standard InChI is InChI=1S/C22H18N2O2S/c25-22(23-13-17-11-18(17)21-6-3-9-27-21)19-12-20(26-24-19)16-8-7-14-4-1-2-5-15(14)10-16/h1-10,12,17-18H,11,13H2,(H,23,25). The van der Waals surface area contributed by atoms with E-state index in [4.69, 9.17) is 4.52 Å². The lowest BCUT2D eigenvalue weighted by Gasteiger charge is -2.01. The molecule has 1 fully saturated rings. The zero-order valence-electron chi connectivity index (χ0n) is 14.6. The largest absolute Gasteiger partial charge is 0.355 e. The minimum absolute atomic E-state index is 0.178. The van der Waals surface area contributed by atoms with Crippen molar-refractivity contribution >= 4 is 28.0 Å². The van der Waals surface area contributed by atoms with Crippen LogP contribution in [0.4, 0.5) is 0 Å². The molecule has 1 aliphatic rings. The highest BCUT2D eigenvalue weighted by Crippen LogP contribution is 2.48. The highest BCUT2D eigenvalue weighted by Gasteiger charge is 2.39. The molecule has 4 aromatic rings. The molecule has 0 aliphatic heterocycles. The van der Waals surface area contributed by atoms with Gasteiger partial charge in [0.05, 0.1) is 0 Å². The van der Waals surface area contributed by atoms with E-state index in [9.17, 15) is 4.79 Å². The number of hydrogen-bond acceptors (Lipinski definition) is 4. The predicted molar refractivity (Wildman–Crippen MR) is 107 cm³/mol. The predicted octanol–water partition coefficient (Wildman–Crippen LogP) is 5.09. The maximum Gasteiger partial charge on any atom is 0.273 e. The van der Waals surface area contributed by atoms with E-state index < -0.39 is 0 Å². The van der Waals surface area contributed by atoms with Gasteiger partial charge < -0.3 is 9.84 Å². The number of benzene rings is 2. The molecule has 5 rings (SSSR count). The number of nitrogens with zero attached hydrogens (tertiary/aromatic N) is 1.